The van der Waals surface area contributed by atoms with Crippen LogP contribution in [0.15, 0.2) is 34.4 Å². The summed E-state index contributed by atoms with van der Waals surface area (Å²) in [4.78, 5) is 4.46. The molecule has 1 unspecified atom stereocenters. The van der Waals surface area contributed by atoms with E-state index in [1.165, 1.54) is 0 Å². The van der Waals surface area contributed by atoms with Crippen LogP contribution in [0.1, 0.15) is 30.6 Å². The normalized spacial score (nSPS) is 12.9. The van der Waals surface area contributed by atoms with Crippen LogP contribution in [-0.2, 0) is 6.54 Å². The predicted octanol–water partition coefficient (Wildman–Crippen LogP) is 3.71. The van der Waals surface area contributed by atoms with E-state index >= 15 is 0 Å². The molecule has 0 aliphatic carbocycles. The van der Waals surface area contributed by atoms with E-state index in [0.29, 0.717) is 0 Å². The number of aryl methyl sites for hydroxylation is 1. The molecule has 3 aromatic heterocycles. The number of pyridine rings is 1. The summed E-state index contributed by atoms with van der Waals surface area (Å²) in [5.41, 5.74) is 9.46. The van der Waals surface area contributed by atoms with E-state index in [0.717, 1.165) is 38.9 Å². The highest BCUT2D eigenvalue weighted by Crippen LogP contribution is 2.29. The van der Waals surface area contributed by atoms with Crippen molar-refractivity contribution in [2.24, 2.45) is 5.73 Å². The van der Waals surface area contributed by atoms with Crippen LogP contribution in [-0.4, -0.2) is 14.8 Å². The molecule has 0 bridgehead atoms. The molecular weight excluding hydrogens is 336 g/mol. The first-order valence-electron chi connectivity index (χ1n) is 6.50. The molecule has 0 saturated heterocycles. The molecule has 0 aromatic carbocycles. The molecule has 0 aliphatic rings. The molecule has 0 spiro atoms. The van der Waals surface area contributed by atoms with Crippen molar-refractivity contribution < 1.29 is 0 Å². The summed E-state index contributed by atoms with van der Waals surface area (Å²) in [6, 6.07) is 3.91. The summed E-state index contributed by atoms with van der Waals surface area (Å²) in [5.74, 6) is 0. The van der Waals surface area contributed by atoms with Gasteiger partial charge in [-0.05, 0) is 45.4 Å². The fraction of sp³-hybridized carbons (Fsp3) is 0.286. The first kappa shape index (κ1) is 13.7. The van der Waals surface area contributed by atoms with Crippen molar-refractivity contribution in [3.63, 3.8) is 0 Å². The highest BCUT2D eigenvalue weighted by molar-refractivity contribution is 9.10. The zero-order valence-corrected chi connectivity index (χ0v) is 13.5. The number of fused-ring (bicyclic) bond motifs is 1. The van der Waals surface area contributed by atoms with Crippen LogP contribution in [0.25, 0.3) is 10.2 Å². The molecule has 3 rings (SSSR count). The molecular formula is C14H15BrN4S. The minimum atomic E-state index is -0.225. The number of thiophene rings is 1. The van der Waals surface area contributed by atoms with Crippen LogP contribution in [0.3, 0.4) is 0 Å². The van der Waals surface area contributed by atoms with Crippen LogP contribution in [0.4, 0.5) is 0 Å². The van der Waals surface area contributed by atoms with E-state index in [1.54, 1.807) is 11.3 Å². The average molecular weight is 351 g/mol. The molecule has 0 aliphatic heterocycles. The van der Waals surface area contributed by atoms with Gasteiger partial charge in [0, 0.05) is 12.7 Å². The second-order valence-electron chi connectivity index (χ2n) is 4.65. The highest BCUT2D eigenvalue weighted by atomic mass is 79.9. The van der Waals surface area contributed by atoms with Crippen molar-refractivity contribution >= 4 is 37.5 Å². The van der Waals surface area contributed by atoms with Gasteiger partial charge < -0.3 is 5.73 Å². The van der Waals surface area contributed by atoms with Crippen molar-refractivity contribution in [1.29, 1.82) is 0 Å². The molecule has 2 N–H and O–H groups in total. The van der Waals surface area contributed by atoms with E-state index < -0.39 is 0 Å². The summed E-state index contributed by atoms with van der Waals surface area (Å²) >= 11 is 5.23. The van der Waals surface area contributed by atoms with Crippen molar-refractivity contribution in [2.75, 3.05) is 0 Å². The lowest BCUT2D eigenvalue weighted by atomic mass is 10.1. The summed E-state index contributed by atoms with van der Waals surface area (Å²) in [6.45, 7) is 2.99. The summed E-state index contributed by atoms with van der Waals surface area (Å²) in [6.07, 6.45) is 4.69. The predicted molar refractivity (Wildman–Crippen MR) is 85.9 cm³/mol. The minimum absolute atomic E-state index is 0.225. The second-order valence-corrected chi connectivity index (χ2v) is 6.45. The van der Waals surface area contributed by atoms with Crippen LogP contribution >= 0.6 is 27.3 Å². The third-order valence-electron chi connectivity index (χ3n) is 3.25. The van der Waals surface area contributed by atoms with Crippen LogP contribution < -0.4 is 5.73 Å². The van der Waals surface area contributed by atoms with Gasteiger partial charge in [0.2, 0.25) is 0 Å². The lowest BCUT2D eigenvalue weighted by Crippen LogP contribution is -2.18. The molecule has 1 atom stereocenters. The number of aromatic nitrogens is 3. The third kappa shape index (κ3) is 2.39. The van der Waals surface area contributed by atoms with E-state index in [1.807, 2.05) is 28.5 Å². The number of hydrogen-bond donors (Lipinski definition) is 1. The quantitative estimate of drug-likeness (QED) is 0.780. The Hall–Kier alpha value is -1.24. The Morgan fingerprint density at radius 2 is 2.30 bits per heavy atom. The van der Waals surface area contributed by atoms with Gasteiger partial charge in [0.1, 0.15) is 0 Å². The van der Waals surface area contributed by atoms with Gasteiger partial charge in [0.15, 0.2) is 0 Å². The van der Waals surface area contributed by atoms with Gasteiger partial charge >= 0.3 is 0 Å². The smallest absolute Gasteiger partial charge is 0.0809 e. The Bertz CT molecular complexity index is 734. The molecule has 0 fully saturated rings. The van der Waals surface area contributed by atoms with Crippen molar-refractivity contribution in [1.82, 2.24) is 14.8 Å². The zero-order chi connectivity index (χ0) is 14.1. The Balaban J connectivity index is 2.02. The second kappa shape index (κ2) is 5.63. The monoisotopic (exact) mass is 350 g/mol. The van der Waals surface area contributed by atoms with Gasteiger partial charge in [-0.3, -0.25) is 9.67 Å². The Labute approximate surface area is 129 Å². The summed E-state index contributed by atoms with van der Waals surface area (Å²) in [7, 11) is 0. The third-order valence-corrected chi connectivity index (χ3v) is 4.71. The Morgan fingerprint density at radius 1 is 1.45 bits per heavy atom. The Kier molecular flexibility index (Phi) is 3.87. The number of hydrogen-bond acceptors (Lipinski definition) is 4. The molecule has 0 radical (unpaired) electrons. The molecule has 20 heavy (non-hydrogen) atoms. The summed E-state index contributed by atoms with van der Waals surface area (Å²) in [5, 5.41) is 6.42. The molecule has 104 valence electrons. The van der Waals surface area contributed by atoms with Crippen LogP contribution in [0.2, 0.25) is 0 Å². The van der Waals surface area contributed by atoms with E-state index in [4.69, 9.17) is 5.73 Å². The maximum absolute atomic E-state index is 6.43. The van der Waals surface area contributed by atoms with E-state index in [9.17, 15) is 0 Å². The van der Waals surface area contributed by atoms with E-state index in [-0.39, 0.29) is 6.04 Å². The lowest BCUT2D eigenvalue weighted by molar-refractivity contribution is 0.558. The van der Waals surface area contributed by atoms with E-state index in [2.05, 4.69) is 39.0 Å². The minimum Gasteiger partial charge on any atom is -0.319 e. The SMILES string of the molecule is CCCn1ncc(Br)c1C(N)c1cnc2ccsc2c1. The Morgan fingerprint density at radius 3 is 3.10 bits per heavy atom. The van der Waals surface area contributed by atoms with Gasteiger partial charge in [-0.1, -0.05) is 6.92 Å². The largest absolute Gasteiger partial charge is 0.319 e. The van der Waals surface area contributed by atoms with Crippen LogP contribution in [0, 0.1) is 0 Å². The maximum atomic E-state index is 6.43. The molecule has 0 amide bonds. The van der Waals surface area contributed by atoms with Gasteiger partial charge in [0.25, 0.3) is 0 Å². The molecule has 6 heteroatoms. The van der Waals surface area contributed by atoms with Crippen molar-refractivity contribution in [3.05, 3.63) is 45.6 Å². The number of rotatable bonds is 4. The standard InChI is InChI=1S/C14H15BrN4S/c1-2-4-19-14(10(15)8-18-19)13(16)9-6-12-11(17-7-9)3-5-20-12/h3,5-8,13H,2,4,16H2,1H3. The van der Waals surface area contributed by atoms with Gasteiger partial charge in [-0.15, -0.1) is 11.3 Å². The molecule has 3 heterocycles. The summed E-state index contributed by atoms with van der Waals surface area (Å²) < 4.78 is 4.08. The van der Waals surface area contributed by atoms with Crippen molar-refractivity contribution in [3.8, 4) is 0 Å². The first-order chi connectivity index (χ1) is 9.70. The first-order valence-corrected chi connectivity index (χ1v) is 8.18. The van der Waals surface area contributed by atoms with Gasteiger partial charge in [-0.25, -0.2) is 0 Å². The highest BCUT2D eigenvalue weighted by Gasteiger charge is 2.18. The number of nitrogens with zero attached hydrogens (tertiary/aromatic N) is 3. The zero-order valence-electron chi connectivity index (χ0n) is 11.1. The topological polar surface area (TPSA) is 56.7 Å². The lowest BCUT2D eigenvalue weighted by Gasteiger charge is -2.15. The van der Waals surface area contributed by atoms with Crippen molar-refractivity contribution in [2.45, 2.75) is 25.9 Å². The van der Waals surface area contributed by atoms with Crippen LogP contribution in [0.5, 0.6) is 0 Å². The number of nitrogens with two attached hydrogens (primary N) is 1. The van der Waals surface area contributed by atoms with Gasteiger partial charge in [-0.2, -0.15) is 5.10 Å². The molecule has 4 nitrogen and oxygen atoms in total. The fourth-order valence-electron chi connectivity index (χ4n) is 2.26. The molecule has 3 aromatic rings. The fourth-order valence-corrected chi connectivity index (χ4v) is 3.59. The van der Waals surface area contributed by atoms with Gasteiger partial charge in [0.05, 0.1) is 32.6 Å². The maximum Gasteiger partial charge on any atom is 0.0809 e. The average Bonchev–Trinajstić information content (AvgIpc) is 3.04. The molecule has 0 saturated carbocycles. The number of halogens is 1.